The van der Waals surface area contributed by atoms with Crippen molar-refractivity contribution >= 4 is 12.4 Å². The van der Waals surface area contributed by atoms with Crippen LogP contribution in [0.2, 0.25) is 0 Å². The third kappa shape index (κ3) is 24.9. The van der Waals surface area contributed by atoms with Crippen LogP contribution in [0, 0.1) is 6.92 Å². The first-order valence-electron chi connectivity index (χ1n) is 5.00. The molecule has 0 saturated carbocycles. The van der Waals surface area contributed by atoms with E-state index < -0.39 is 0 Å². The average molecular weight is 263 g/mol. The summed E-state index contributed by atoms with van der Waals surface area (Å²) in [5.41, 5.74) is 0.00775. The molecule has 3 heteroatoms. The van der Waals surface area contributed by atoms with Crippen LogP contribution in [0.3, 0.4) is 0 Å². The maximum atomic E-state index is 4.29. The molecule has 0 atom stereocenters. The number of rotatable bonds is 1. The van der Waals surface area contributed by atoms with Crippen molar-refractivity contribution in [2.24, 2.45) is 9.98 Å². The Hall–Kier alpha value is -0.0366. The molecule has 0 bridgehead atoms. The number of hydrogen-bond acceptors (Lipinski definition) is 2. The van der Waals surface area contributed by atoms with Crippen LogP contribution < -0.4 is 0 Å². The molecule has 0 radical (unpaired) electrons. The van der Waals surface area contributed by atoms with E-state index in [1.54, 1.807) is 19.4 Å². The van der Waals surface area contributed by atoms with E-state index in [4.69, 9.17) is 0 Å². The summed E-state index contributed by atoms with van der Waals surface area (Å²) >= 11 is 0. The Morgan fingerprint density at radius 2 is 0.933 bits per heavy atom. The van der Waals surface area contributed by atoms with Gasteiger partial charge in [-0.25, -0.2) is 0 Å². The van der Waals surface area contributed by atoms with Crippen molar-refractivity contribution in [1.29, 1.82) is 0 Å². The number of hydrogen-bond donors (Lipinski definition) is 0. The Kier molecular flexibility index (Phi) is 12.5. The Morgan fingerprint density at radius 1 is 0.733 bits per heavy atom. The molecular formula is C12H25N2Zn+. The van der Waals surface area contributed by atoms with Crippen LogP contribution >= 0.6 is 0 Å². The first kappa shape index (κ1) is 20.4. The summed E-state index contributed by atoms with van der Waals surface area (Å²) in [6.07, 6.45) is 3.54. The molecule has 15 heavy (non-hydrogen) atoms. The summed E-state index contributed by atoms with van der Waals surface area (Å²) in [6.45, 7) is 17.4. The SMILES string of the molecule is CC(C)(C)N=CC=NC(C)(C)C.[CH2-]C.[Zn+2]. The van der Waals surface area contributed by atoms with Crippen LogP contribution in [-0.4, -0.2) is 23.5 Å². The van der Waals surface area contributed by atoms with Crippen molar-refractivity contribution in [2.45, 2.75) is 59.5 Å². The van der Waals surface area contributed by atoms with Crippen molar-refractivity contribution in [3.8, 4) is 0 Å². The van der Waals surface area contributed by atoms with Gasteiger partial charge in [0, 0.05) is 12.4 Å². The van der Waals surface area contributed by atoms with Crippen molar-refractivity contribution in [3.63, 3.8) is 0 Å². The van der Waals surface area contributed by atoms with Crippen molar-refractivity contribution in [3.05, 3.63) is 6.92 Å². The summed E-state index contributed by atoms with van der Waals surface area (Å²) in [5.74, 6) is 0. The van der Waals surface area contributed by atoms with E-state index in [0.29, 0.717) is 0 Å². The van der Waals surface area contributed by atoms with E-state index in [9.17, 15) is 0 Å². The van der Waals surface area contributed by atoms with E-state index in [-0.39, 0.29) is 30.6 Å². The van der Waals surface area contributed by atoms with Gasteiger partial charge >= 0.3 is 19.5 Å². The fourth-order valence-electron chi connectivity index (χ4n) is 0.514. The van der Waals surface area contributed by atoms with Gasteiger partial charge in [0.15, 0.2) is 0 Å². The van der Waals surface area contributed by atoms with Crippen LogP contribution in [0.4, 0.5) is 0 Å². The van der Waals surface area contributed by atoms with Gasteiger partial charge < -0.3 is 6.92 Å². The van der Waals surface area contributed by atoms with E-state index >= 15 is 0 Å². The molecule has 0 aromatic carbocycles. The molecule has 0 N–H and O–H groups in total. The minimum atomic E-state index is 0. The molecule has 0 rings (SSSR count). The fraction of sp³-hybridized carbons (Fsp3) is 0.750. The van der Waals surface area contributed by atoms with Gasteiger partial charge in [-0.15, -0.1) is 0 Å². The monoisotopic (exact) mass is 261 g/mol. The van der Waals surface area contributed by atoms with Crippen LogP contribution in [0.25, 0.3) is 0 Å². The third-order valence-electron chi connectivity index (χ3n) is 0.990. The van der Waals surface area contributed by atoms with Gasteiger partial charge in [0.1, 0.15) is 0 Å². The molecule has 0 amide bonds. The predicted octanol–water partition coefficient (Wildman–Crippen LogP) is 3.56. The molecule has 0 aliphatic heterocycles. The molecule has 84 valence electrons. The van der Waals surface area contributed by atoms with Gasteiger partial charge in [0.25, 0.3) is 0 Å². The maximum absolute atomic E-state index is 4.29. The summed E-state index contributed by atoms with van der Waals surface area (Å²) in [5, 5.41) is 0. The van der Waals surface area contributed by atoms with Gasteiger partial charge in [0.05, 0.1) is 11.1 Å². The standard InChI is InChI=1S/C10H20N2.C2H5.Zn/c1-9(2,3)11-7-8-12-10(4,5)6;1-2;/h7-8H,1-6H3;1H2,2H3;/q;-1;+2. The average Bonchev–Trinajstić information content (AvgIpc) is 1.99. The summed E-state index contributed by atoms with van der Waals surface area (Å²) in [4.78, 5) is 8.57. The maximum Gasteiger partial charge on any atom is 2.00 e. The molecule has 0 aromatic rings. The first-order chi connectivity index (χ1) is 6.21. The molecule has 0 aliphatic rings. The summed E-state index contributed by atoms with van der Waals surface area (Å²) in [6, 6.07) is 0. The van der Waals surface area contributed by atoms with Gasteiger partial charge in [0.2, 0.25) is 0 Å². The Morgan fingerprint density at radius 3 is 1.07 bits per heavy atom. The topological polar surface area (TPSA) is 24.7 Å². The molecule has 0 saturated heterocycles. The molecule has 2 nitrogen and oxygen atoms in total. The Labute approximate surface area is 108 Å². The second-order valence-electron chi connectivity index (χ2n) is 4.90. The predicted molar refractivity (Wildman–Crippen MR) is 67.5 cm³/mol. The fourth-order valence-corrected chi connectivity index (χ4v) is 0.514. The largest absolute Gasteiger partial charge is 2.00 e. The van der Waals surface area contributed by atoms with Crippen LogP contribution in [0.15, 0.2) is 9.98 Å². The van der Waals surface area contributed by atoms with Gasteiger partial charge in [-0.3, -0.25) is 9.98 Å². The van der Waals surface area contributed by atoms with Crippen LogP contribution in [0.5, 0.6) is 0 Å². The van der Waals surface area contributed by atoms with Crippen LogP contribution in [-0.2, 0) is 19.5 Å². The molecule has 0 heterocycles. The molecule has 0 spiro atoms. The molecule has 0 fully saturated rings. The van der Waals surface area contributed by atoms with Gasteiger partial charge in [-0.1, -0.05) is 0 Å². The van der Waals surface area contributed by atoms with Crippen molar-refractivity contribution in [2.75, 3.05) is 0 Å². The van der Waals surface area contributed by atoms with Gasteiger partial charge in [-0.05, 0) is 41.5 Å². The quantitative estimate of drug-likeness (QED) is 0.392. The van der Waals surface area contributed by atoms with E-state index in [2.05, 4.69) is 58.5 Å². The Balaban J connectivity index is -0.000000449. The van der Waals surface area contributed by atoms with E-state index in [1.807, 2.05) is 0 Å². The van der Waals surface area contributed by atoms with E-state index in [1.165, 1.54) is 0 Å². The molecule has 0 aliphatic carbocycles. The third-order valence-corrected chi connectivity index (χ3v) is 0.990. The first-order valence-corrected chi connectivity index (χ1v) is 5.00. The normalized spacial score (nSPS) is 12.3. The van der Waals surface area contributed by atoms with Gasteiger partial charge in [-0.2, -0.15) is 6.92 Å². The zero-order chi connectivity index (χ0) is 11.8. The second-order valence-corrected chi connectivity index (χ2v) is 4.90. The summed E-state index contributed by atoms with van der Waals surface area (Å²) in [7, 11) is 0. The smallest absolute Gasteiger partial charge is 0.346 e. The molecule has 0 aromatic heterocycles. The minimum Gasteiger partial charge on any atom is -0.346 e. The van der Waals surface area contributed by atoms with Crippen molar-refractivity contribution in [1.82, 2.24) is 0 Å². The van der Waals surface area contributed by atoms with Crippen molar-refractivity contribution < 1.29 is 19.5 Å². The molecule has 0 unspecified atom stereocenters. The zero-order valence-electron chi connectivity index (χ0n) is 11.5. The number of aliphatic imine (C=N–C) groups is 2. The molecular weight excluding hydrogens is 238 g/mol. The van der Waals surface area contributed by atoms with E-state index in [0.717, 1.165) is 0 Å². The Bertz CT molecular complexity index is 161. The summed E-state index contributed by atoms with van der Waals surface area (Å²) < 4.78 is 0. The number of nitrogens with zero attached hydrogens (tertiary/aromatic N) is 2. The second kappa shape index (κ2) is 9.21. The zero-order valence-corrected chi connectivity index (χ0v) is 14.4. The minimum absolute atomic E-state index is 0. The van der Waals surface area contributed by atoms with Crippen LogP contribution in [0.1, 0.15) is 48.5 Å².